The lowest BCUT2D eigenvalue weighted by atomic mass is 9.72. The Hall–Kier alpha value is -2.08. The Morgan fingerprint density at radius 1 is 1.12 bits per heavy atom. The van der Waals surface area contributed by atoms with Gasteiger partial charge in [0.2, 0.25) is 0 Å². The third-order valence-electron chi connectivity index (χ3n) is 4.59. The van der Waals surface area contributed by atoms with Crippen LogP contribution in [0.4, 0.5) is 0 Å². The van der Waals surface area contributed by atoms with Gasteiger partial charge in [0, 0.05) is 13.1 Å². The van der Waals surface area contributed by atoms with Crippen LogP contribution in [-0.2, 0) is 14.9 Å². The zero-order chi connectivity index (χ0) is 17.2. The van der Waals surface area contributed by atoms with Crippen molar-refractivity contribution in [1.29, 1.82) is 0 Å². The van der Waals surface area contributed by atoms with Gasteiger partial charge in [-0.25, -0.2) is 0 Å². The molecule has 1 saturated heterocycles. The number of ether oxygens (including phenoxy) is 1. The second-order valence-corrected chi connectivity index (χ2v) is 6.62. The zero-order valence-electron chi connectivity index (χ0n) is 13.3. The van der Waals surface area contributed by atoms with Gasteiger partial charge >= 0.3 is 5.97 Å². The maximum atomic E-state index is 12.5. The summed E-state index contributed by atoms with van der Waals surface area (Å²) in [5.74, 6) is -0.110. The van der Waals surface area contributed by atoms with Gasteiger partial charge in [-0.15, -0.1) is 0 Å². The average molecular weight is 392 g/mol. The van der Waals surface area contributed by atoms with Crippen molar-refractivity contribution >= 4 is 27.8 Å². The van der Waals surface area contributed by atoms with Crippen molar-refractivity contribution in [2.45, 2.75) is 18.3 Å². The van der Waals surface area contributed by atoms with Gasteiger partial charge in [0.1, 0.15) is 0 Å². The predicted molar refractivity (Wildman–Crippen MR) is 91.7 cm³/mol. The number of benzene rings is 1. The molecule has 0 spiro atoms. The molecule has 0 unspecified atom stereocenters. The van der Waals surface area contributed by atoms with Crippen LogP contribution < -0.4 is 0 Å². The number of furan rings is 1. The van der Waals surface area contributed by atoms with Gasteiger partial charge in [0.15, 0.2) is 10.4 Å². The Morgan fingerprint density at radius 3 is 2.33 bits per heavy atom. The minimum Gasteiger partial charge on any atom is -0.468 e. The molecule has 1 aliphatic rings. The normalized spacial score (nSPS) is 16.7. The van der Waals surface area contributed by atoms with E-state index in [9.17, 15) is 9.59 Å². The number of esters is 1. The molecular weight excluding hydrogens is 374 g/mol. The Kier molecular flexibility index (Phi) is 4.76. The first-order valence-corrected chi connectivity index (χ1v) is 8.55. The Morgan fingerprint density at radius 2 is 1.79 bits per heavy atom. The first-order chi connectivity index (χ1) is 11.6. The largest absolute Gasteiger partial charge is 0.468 e. The van der Waals surface area contributed by atoms with Crippen LogP contribution in [0.1, 0.15) is 29.0 Å². The highest BCUT2D eigenvalue weighted by molar-refractivity contribution is 9.10. The monoisotopic (exact) mass is 391 g/mol. The number of methoxy groups -OCH3 is 1. The second kappa shape index (κ2) is 6.81. The first-order valence-electron chi connectivity index (χ1n) is 7.75. The van der Waals surface area contributed by atoms with E-state index < -0.39 is 5.41 Å². The van der Waals surface area contributed by atoms with E-state index in [0.717, 1.165) is 5.56 Å². The molecule has 1 fully saturated rings. The Balaban J connectivity index is 1.80. The summed E-state index contributed by atoms with van der Waals surface area (Å²) >= 11 is 3.20. The summed E-state index contributed by atoms with van der Waals surface area (Å²) in [5, 5.41) is 0. The molecule has 1 aromatic heterocycles. The fraction of sp³-hybridized carbons (Fsp3) is 0.333. The van der Waals surface area contributed by atoms with E-state index in [1.807, 2.05) is 30.3 Å². The highest BCUT2D eigenvalue weighted by atomic mass is 79.9. The summed E-state index contributed by atoms with van der Waals surface area (Å²) < 4.78 is 10.9. The molecule has 0 saturated carbocycles. The number of carbonyl (C=O) groups is 2. The lowest BCUT2D eigenvalue weighted by molar-refractivity contribution is -0.149. The smallest absolute Gasteiger partial charge is 0.316 e. The van der Waals surface area contributed by atoms with Crippen molar-refractivity contribution in [2.24, 2.45) is 0 Å². The van der Waals surface area contributed by atoms with Crippen LogP contribution in [-0.4, -0.2) is 37.0 Å². The van der Waals surface area contributed by atoms with E-state index in [1.165, 1.54) is 7.11 Å². The third kappa shape index (κ3) is 2.98. The lowest BCUT2D eigenvalue weighted by Crippen LogP contribution is -2.49. The summed E-state index contributed by atoms with van der Waals surface area (Å²) in [6.45, 7) is 0.947. The molecule has 6 heteroatoms. The summed E-state index contributed by atoms with van der Waals surface area (Å²) in [6, 6.07) is 13.0. The van der Waals surface area contributed by atoms with Gasteiger partial charge in [-0.3, -0.25) is 9.59 Å². The molecule has 1 aromatic carbocycles. The van der Waals surface area contributed by atoms with E-state index in [4.69, 9.17) is 9.15 Å². The van der Waals surface area contributed by atoms with Gasteiger partial charge in [0.05, 0.1) is 12.5 Å². The van der Waals surface area contributed by atoms with Crippen LogP contribution in [0.15, 0.2) is 51.6 Å². The van der Waals surface area contributed by atoms with Gasteiger partial charge in [-0.1, -0.05) is 30.3 Å². The molecule has 5 nitrogen and oxygen atoms in total. The van der Waals surface area contributed by atoms with E-state index in [-0.39, 0.29) is 11.9 Å². The van der Waals surface area contributed by atoms with E-state index in [1.54, 1.807) is 17.0 Å². The topological polar surface area (TPSA) is 59.8 Å². The van der Waals surface area contributed by atoms with Crippen LogP contribution >= 0.6 is 15.9 Å². The molecule has 0 atom stereocenters. The molecule has 126 valence electrons. The summed E-state index contributed by atoms with van der Waals surface area (Å²) in [5.41, 5.74) is 0.237. The highest BCUT2D eigenvalue weighted by Gasteiger charge is 2.45. The van der Waals surface area contributed by atoms with Gasteiger partial charge in [0.25, 0.3) is 5.91 Å². The van der Waals surface area contributed by atoms with E-state index in [0.29, 0.717) is 36.4 Å². The molecule has 0 bridgehead atoms. The van der Waals surface area contributed by atoms with Crippen LogP contribution in [0.3, 0.4) is 0 Å². The van der Waals surface area contributed by atoms with Crippen molar-refractivity contribution in [3.05, 3.63) is 58.5 Å². The van der Waals surface area contributed by atoms with Crippen LogP contribution in [0, 0.1) is 0 Å². The van der Waals surface area contributed by atoms with Crippen LogP contribution in [0.2, 0.25) is 0 Å². The Labute approximate surface area is 148 Å². The van der Waals surface area contributed by atoms with Gasteiger partial charge < -0.3 is 14.1 Å². The number of piperidine rings is 1. The van der Waals surface area contributed by atoms with Crippen LogP contribution in [0.25, 0.3) is 0 Å². The van der Waals surface area contributed by atoms with E-state index >= 15 is 0 Å². The van der Waals surface area contributed by atoms with Crippen molar-refractivity contribution in [3.63, 3.8) is 0 Å². The number of rotatable bonds is 3. The lowest BCUT2D eigenvalue weighted by Gasteiger charge is -2.39. The van der Waals surface area contributed by atoms with Crippen molar-refractivity contribution in [2.75, 3.05) is 20.2 Å². The molecule has 1 amide bonds. The zero-order valence-corrected chi connectivity index (χ0v) is 14.9. The molecule has 2 aromatic rings. The molecule has 2 heterocycles. The number of nitrogens with zero attached hydrogens (tertiary/aromatic N) is 1. The number of carbonyl (C=O) groups excluding carboxylic acids is 2. The quantitative estimate of drug-likeness (QED) is 0.752. The van der Waals surface area contributed by atoms with Crippen LogP contribution in [0.5, 0.6) is 0 Å². The first kappa shape index (κ1) is 16.8. The summed E-state index contributed by atoms with van der Waals surface area (Å²) in [4.78, 5) is 26.7. The molecular formula is C18H18BrNO4. The SMILES string of the molecule is COC(=O)C1(c2ccccc2)CCN(C(=O)c2ccc(Br)o2)CC1. The number of likely N-dealkylation sites (tertiary alicyclic amines) is 1. The van der Waals surface area contributed by atoms with Crippen molar-refractivity contribution < 1.29 is 18.7 Å². The van der Waals surface area contributed by atoms with E-state index in [2.05, 4.69) is 15.9 Å². The molecule has 24 heavy (non-hydrogen) atoms. The molecule has 0 aliphatic carbocycles. The predicted octanol–water partition coefficient (Wildman–Crippen LogP) is 3.39. The number of hydrogen-bond donors (Lipinski definition) is 0. The maximum Gasteiger partial charge on any atom is 0.316 e. The molecule has 1 aliphatic heterocycles. The summed E-state index contributed by atoms with van der Waals surface area (Å²) in [6.07, 6.45) is 1.05. The minimum atomic E-state index is -0.698. The average Bonchev–Trinajstić information content (AvgIpc) is 3.07. The fourth-order valence-corrected chi connectivity index (χ4v) is 3.55. The van der Waals surface area contributed by atoms with Gasteiger partial charge in [-0.05, 0) is 46.5 Å². The number of amides is 1. The molecule has 0 N–H and O–H groups in total. The van der Waals surface area contributed by atoms with Crippen molar-refractivity contribution in [1.82, 2.24) is 4.90 Å². The minimum absolute atomic E-state index is 0.160. The summed E-state index contributed by atoms with van der Waals surface area (Å²) in [7, 11) is 1.41. The highest BCUT2D eigenvalue weighted by Crippen LogP contribution is 2.37. The number of halogens is 1. The second-order valence-electron chi connectivity index (χ2n) is 5.84. The fourth-order valence-electron chi connectivity index (χ4n) is 3.24. The molecule has 3 rings (SSSR count). The Bertz CT molecular complexity index is 732. The molecule has 0 radical (unpaired) electrons. The standard InChI is InChI=1S/C18H18BrNO4/c1-23-17(22)18(13-5-3-2-4-6-13)9-11-20(12-10-18)16(21)14-7-8-15(19)24-14/h2-8H,9-12H2,1H3. The van der Waals surface area contributed by atoms with Gasteiger partial charge in [-0.2, -0.15) is 0 Å². The number of hydrogen-bond acceptors (Lipinski definition) is 4. The van der Waals surface area contributed by atoms with Crippen molar-refractivity contribution in [3.8, 4) is 0 Å². The maximum absolute atomic E-state index is 12.5. The third-order valence-corrected chi connectivity index (χ3v) is 5.02.